The highest BCUT2D eigenvalue weighted by Crippen LogP contribution is 2.37. The Morgan fingerprint density at radius 3 is 2.68 bits per heavy atom. The monoisotopic (exact) mass is 595 g/mol. The van der Waals surface area contributed by atoms with Crippen LogP contribution in [0.3, 0.4) is 0 Å². The van der Waals surface area contributed by atoms with Crippen LogP contribution in [0.2, 0.25) is 10.2 Å². The van der Waals surface area contributed by atoms with E-state index in [9.17, 15) is 14.9 Å². The summed E-state index contributed by atoms with van der Waals surface area (Å²) in [6, 6.07) is 9.51. The molecule has 0 radical (unpaired) electrons. The molecule has 0 saturated carbocycles. The van der Waals surface area contributed by atoms with E-state index in [1.54, 1.807) is 6.07 Å². The van der Waals surface area contributed by atoms with Crippen LogP contribution < -0.4 is 5.56 Å². The van der Waals surface area contributed by atoms with Crippen molar-refractivity contribution >= 4 is 29.1 Å². The number of benzene rings is 1. The molecule has 208 valence electrons. The van der Waals surface area contributed by atoms with Gasteiger partial charge in [0, 0.05) is 35.6 Å². The van der Waals surface area contributed by atoms with Crippen molar-refractivity contribution in [3.8, 4) is 17.5 Å². The van der Waals surface area contributed by atoms with Gasteiger partial charge in [-0.3, -0.25) is 9.59 Å². The first-order chi connectivity index (χ1) is 19.5. The molecule has 2 aromatic heterocycles. The van der Waals surface area contributed by atoms with Crippen molar-refractivity contribution in [1.82, 2.24) is 19.9 Å². The molecule has 0 bridgehead atoms. The maximum absolute atomic E-state index is 15.3. The van der Waals surface area contributed by atoms with Gasteiger partial charge in [-0.15, -0.1) is 5.73 Å². The Labute approximate surface area is 243 Å². The van der Waals surface area contributed by atoms with Crippen molar-refractivity contribution in [3.63, 3.8) is 0 Å². The van der Waals surface area contributed by atoms with Crippen molar-refractivity contribution in [2.75, 3.05) is 0 Å². The van der Waals surface area contributed by atoms with Crippen LogP contribution in [0, 0.1) is 11.3 Å². The van der Waals surface area contributed by atoms with Crippen LogP contribution in [0.1, 0.15) is 30.0 Å². The number of pyridine rings is 1. The van der Waals surface area contributed by atoms with E-state index in [0.29, 0.717) is 11.1 Å². The Kier molecular flexibility index (Phi) is 8.84. The lowest BCUT2D eigenvalue weighted by molar-refractivity contribution is -0.129. The molecule has 0 aliphatic carbocycles. The standard InChI is InChI=1S/C29H21Cl2F2N5O3/c1-17(2)29(32,33)23-5-3-4-8-38(28(40)25(23)41-16-19-9-18(12-34)10-22(30)11-19)15-21-14-36-26(37-27(21)39)20-6-7-24(31)35-13-20/h3,6-11,13-14H,1,5,15-16H2,2H3,(H,36,37,39). The Balaban J connectivity index is 1.69. The first-order valence-corrected chi connectivity index (χ1v) is 12.8. The molecule has 8 nitrogen and oxygen atoms in total. The van der Waals surface area contributed by atoms with Crippen molar-refractivity contribution in [3.05, 3.63) is 121 Å². The van der Waals surface area contributed by atoms with Crippen LogP contribution in [0.4, 0.5) is 8.78 Å². The summed E-state index contributed by atoms with van der Waals surface area (Å²) in [6.07, 6.45) is 4.92. The van der Waals surface area contributed by atoms with E-state index in [0.717, 1.165) is 11.8 Å². The minimum Gasteiger partial charge on any atom is -0.483 e. The third-order valence-electron chi connectivity index (χ3n) is 5.98. The smallest absolute Gasteiger partial charge is 0.294 e. The van der Waals surface area contributed by atoms with Crippen LogP contribution in [-0.4, -0.2) is 31.7 Å². The molecule has 4 rings (SSSR count). The molecule has 1 amide bonds. The molecule has 3 heterocycles. The topological polar surface area (TPSA) is 112 Å². The molecule has 0 saturated heterocycles. The second kappa shape index (κ2) is 12.3. The maximum Gasteiger partial charge on any atom is 0.294 e. The Hall–Kier alpha value is -4.55. The summed E-state index contributed by atoms with van der Waals surface area (Å²) in [5, 5.41) is 9.74. The number of rotatable bonds is 8. The lowest BCUT2D eigenvalue weighted by Gasteiger charge is -2.26. The van der Waals surface area contributed by atoms with Gasteiger partial charge in [0.2, 0.25) is 0 Å². The number of halogens is 4. The number of amides is 1. The summed E-state index contributed by atoms with van der Waals surface area (Å²) in [6.45, 7) is 3.86. The predicted octanol–water partition coefficient (Wildman–Crippen LogP) is 6.09. The number of ether oxygens (including phenoxy) is 1. The molecular weight excluding hydrogens is 575 g/mol. The zero-order valence-electron chi connectivity index (χ0n) is 21.6. The van der Waals surface area contributed by atoms with E-state index in [1.165, 1.54) is 48.9 Å². The number of nitrogens with zero attached hydrogens (tertiary/aromatic N) is 4. The molecule has 41 heavy (non-hydrogen) atoms. The number of H-pyrrole nitrogens is 1. The van der Waals surface area contributed by atoms with Crippen LogP contribution >= 0.6 is 23.2 Å². The number of nitrogens with one attached hydrogen (secondary N) is 1. The zero-order chi connectivity index (χ0) is 29.7. The van der Waals surface area contributed by atoms with Crippen LogP contribution in [0.5, 0.6) is 0 Å². The van der Waals surface area contributed by atoms with Crippen LogP contribution in [0.25, 0.3) is 11.4 Å². The molecule has 0 fully saturated rings. The van der Waals surface area contributed by atoms with Crippen molar-refractivity contribution in [2.45, 2.75) is 32.4 Å². The van der Waals surface area contributed by atoms with Crippen molar-refractivity contribution < 1.29 is 18.3 Å². The zero-order valence-corrected chi connectivity index (χ0v) is 23.1. The number of carbonyl (C=O) groups excluding carboxylic acids is 1. The minimum absolute atomic E-state index is 0.0729. The number of nitriles is 1. The number of hydrogen-bond donors (Lipinski definition) is 1. The lowest BCUT2D eigenvalue weighted by Crippen LogP contribution is -2.34. The first-order valence-electron chi connectivity index (χ1n) is 12.0. The molecule has 1 aliphatic heterocycles. The first kappa shape index (κ1) is 29.4. The number of alkyl halides is 2. The highest BCUT2D eigenvalue weighted by molar-refractivity contribution is 6.30. The van der Waals surface area contributed by atoms with Crippen LogP contribution in [0.15, 0.2) is 89.0 Å². The predicted molar refractivity (Wildman–Crippen MR) is 149 cm³/mol. The summed E-state index contributed by atoms with van der Waals surface area (Å²) in [5.74, 6) is -4.93. The van der Waals surface area contributed by atoms with E-state index >= 15 is 8.78 Å². The van der Waals surface area contributed by atoms with Gasteiger partial charge < -0.3 is 14.6 Å². The third kappa shape index (κ3) is 6.79. The highest BCUT2D eigenvalue weighted by Gasteiger charge is 2.40. The van der Waals surface area contributed by atoms with E-state index in [1.807, 2.05) is 6.07 Å². The normalized spacial score (nSPS) is 13.6. The quantitative estimate of drug-likeness (QED) is 0.191. The third-order valence-corrected chi connectivity index (χ3v) is 6.42. The fourth-order valence-corrected chi connectivity index (χ4v) is 4.21. The number of aromatic amines is 1. The second-order valence-corrected chi connectivity index (χ2v) is 9.83. The fraction of sp³-hybridized carbons (Fsp3) is 0.172. The lowest BCUT2D eigenvalue weighted by atomic mass is 9.97. The highest BCUT2D eigenvalue weighted by atomic mass is 35.5. The number of allylic oxidation sites excluding steroid dienone is 3. The molecule has 0 spiro atoms. The average Bonchev–Trinajstić information content (AvgIpc) is 2.93. The molecular formula is C29H21Cl2F2N5O3. The number of hydrogen-bond acceptors (Lipinski definition) is 6. The summed E-state index contributed by atoms with van der Waals surface area (Å²) < 4.78 is 36.4. The molecule has 12 heteroatoms. The number of aromatic nitrogens is 3. The molecule has 1 aromatic carbocycles. The largest absolute Gasteiger partial charge is 0.483 e. The van der Waals surface area contributed by atoms with Gasteiger partial charge in [-0.1, -0.05) is 29.8 Å². The van der Waals surface area contributed by atoms with Gasteiger partial charge in [-0.25, -0.2) is 9.97 Å². The van der Waals surface area contributed by atoms with Gasteiger partial charge in [-0.2, -0.15) is 14.0 Å². The van der Waals surface area contributed by atoms with E-state index in [4.69, 9.17) is 27.9 Å². The van der Waals surface area contributed by atoms with Crippen molar-refractivity contribution in [1.29, 1.82) is 5.26 Å². The summed E-state index contributed by atoms with van der Waals surface area (Å²) >= 11 is 11.9. The van der Waals surface area contributed by atoms with Gasteiger partial charge in [0.25, 0.3) is 17.4 Å². The second-order valence-electron chi connectivity index (χ2n) is 9.00. The average molecular weight is 596 g/mol. The SMILES string of the molecule is C=C(C)C(F)(F)C1=C(OCc2cc(Cl)cc(C#N)c2)C(=O)N(Cc2cnc(-c3ccc(Cl)nc3)[nH]c2=O)C=C=CC1. The summed E-state index contributed by atoms with van der Waals surface area (Å²) in [4.78, 5) is 38.4. The van der Waals surface area contributed by atoms with Gasteiger partial charge in [0.05, 0.1) is 29.3 Å². The fourth-order valence-electron chi connectivity index (χ4n) is 3.84. The van der Waals surface area contributed by atoms with Crippen LogP contribution in [-0.2, 0) is 22.7 Å². The molecule has 1 N–H and O–H groups in total. The summed E-state index contributed by atoms with van der Waals surface area (Å²) in [5.41, 5.74) is 2.24. The number of carbonyl (C=O) groups is 1. The minimum atomic E-state index is -3.59. The summed E-state index contributed by atoms with van der Waals surface area (Å²) in [7, 11) is 0. The van der Waals surface area contributed by atoms with Crippen molar-refractivity contribution in [2.24, 2.45) is 0 Å². The maximum atomic E-state index is 15.3. The van der Waals surface area contributed by atoms with Gasteiger partial charge in [0.1, 0.15) is 17.6 Å². The van der Waals surface area contributed by atoms with E-state index < -0.39 is 34.3 Å². The molecule has 0 atom stereocenters. The Morgan fingerprint density at radius 2 is 2.02 bits per heavy atom. The van der Waals surface area contributed by atoms with Gasteiger partial charge in [0.15, 0.2) is 5.76 Å². The Morgan fingerprint density at radius 1 is 1.24 bits per heavy atom. The molecule has 3 aromatic rings. The van der Waals surface area contributed by atoms with E-state index in [-0.39, 0.29) is 46.7 Å². The Bertz CT molecular complexity index is 1720. The molecule has 1 aliphatic rings. The van der Waals surface area contributed by atoms with Gasteiger partial charge >= 0.3 is 0 Å². The van der Waals surface area contributed by atoms with Gasteiger partial charge in [-0.05, 0) is 54.5 Å². The van der Waals surface area contributed by atoms with E-state index in [2.05, 4.69) is 27.3 Å². The molecule has 0 unspecified atom stereocenters.